The molecule has 4 rings (SSSR count). The quantitative estimate of drug-likeness (QED) is 0.550. The Hall–Kier alpha value is -3.54. The van der Waals surface area contributed by atoms with Crippen LogP contribution in [0.1, 0.15) is 21.6 Å². The van der Waals surface area contributed by atoms with Gasteiger partial charge in [-0.15, -0.1) is 0 Å². The van der Waals surface area contributed by atoms with Crippen molar-refractivity contribution in [2.75, 3.05) is 7.05 Å². The van der Waals surface area contributed by atoms with Gasteiger partial charge in [-0.2, -0.15) is 5.10 Å². The minimum absolute atomic E-state index is 0.163. The average molecular weight is 357 g/mol. The maximum Gasteiger partial charge on any atom is 0.274 e. The molecule has 134 valence electrons. The van der Waals surface area contributed by atoms with Crippen LogP contribution >= 0.6 is 0 Å². The molecule has 4 aromatic rings. The Morgan fingerprint density at radius 1 is 0.963 bits per heavy atom. The van der Waals surface area contributed by atoms with Crippen LogP contribution in [0.2, 0.25) is 0 Å². The Balaban J connectivity index is 1.45. The molecule has 2 aromatic heterocycles. The number of hydrogen-bond acceptors (Lipinski definition) is 4. The molecule has 0 unspecified atom stereocenters. The van der Waals surface area contributed by atoms with E-state index in [0.29, 0.717) is 24.3 Å². The van der Waals surface area contributed by atoms with E-state index in [-0.39, 0.29) is 5.91 Å². The molecule has 0 saturated carbocycles. The third-order valence-electron chi connectivity index (χ3n) is 4.31. The van der Waals surface area contributed by atoms with Crippen LogP contribution in [-0.4, -0.2) is 37.6 Å². The predicted octanol–water partition coefficient (Wildman–Crippen LogP) is 3.15. The Labute approximate surface area is 157 Å². The Bertz CT molecular complexity index is 1070. The van der Waals surface area contributed by atoms with E-state index in [1.54, 1.807) is 18.1 Å². The summed E-state index contributed by atoms with van der Waals surface area (Å²) in [5.41, 5.74) is 3.98. The first-order chi connectivity index (χ1) is 13.2. The minimum Gasteiger partial charge on any atom is -0.336 e. The zero-order chi connectivity index (χ0) is 18.6. The summed E-state index contributed by atoms with van der Waals surface area (Å²) in [7, 11) is 1.76. The van der Waals surface area contributed by atoms with Gasteiger partial charge in [0.2, 0.25) is 0 Å². The molecule has 0 N–H and O–H groups in total. The van der Waals surface area contributed by atoms with Crippen molar-refractivity contribution in [3.8, 4) is 0 Å². The Kier molecular flexibility index (Phi) is 4.61. The van der Waals surface area contributed by atoms with E-state index in [0.717, 1.165) is 11.1 Å². The predicted molar refractivity (Wildman–Crippen MR) is 103 cm³/mol. The Morgan fingerprint density at radius 3 is 2.52 bits per heavy atom. The van der Waals surface area contributed by atoms with Crippen molar-refractivity contribution in [3.05, 3.63) is 90.0 Å². The van der Waals surface area contributed by atoms with Gasteiger partial charge >= 0.3 is 0 Å². The van der Waals surface area contributed by atoms with Crippen molar-refractivity contribution in [3.63, 3.8) is 0 Å². The van der Waals surface area contributed by atoms with E-state index in [1.165, 1.54) is 11.8 Å². The monoisotopic (exact) mass is 357 g/mol. The Morgan fingerprint density at radius 2 is 1.70 bits per heavy atom. The van der Waals surface area contributed by atoms with Crippen molar-refractivity contribution < 1.29 is 4.79 Å². The van der Waals surface area contributed by atoms with Crippen LogP contribution in [0.3, 0.4) is 0 Å². The van der Waals surface area contributed by atoms with Crippen molar-refractivity contribution in [1.82, 2.24) is 24.6 Å². The molecule has 0 fully saturated rings. The van der Waals surface area contributed by atoms with E-state index < -0.39 is 0 Å². The maximum absolute atomic E-state index is 12.7. The number of carbonyl (C=O) groups is 1. The summed E-state index contributed by atoms with van der Waals surface area (Å²) >= 11 is 0. The topological polar surface area (TPSA) is 63.9 Å². The van der Waals surface area contributed by atoms with Crippen LogP contribution in [0.25, 0.3) is 11.0 Å². The number of para-hydroxylation sites is 2. The van der Waals surface area contributed by atoms with Gasteiger partial charge in [0.25, 0.3) is 5.91 Å². The molecule has 0 atom stereocenters. The lowest BCUT2D eigenvalue weighted by Crippen LogP contribution is -2.27. The van der Waals surface area contributed by atoms with Gasteiger partial charge in [-0.25, -0.2) is 4.98 Å². The largest absolute Gasteiger partial charge is 0.336 e. The molecule has 0 aliphatic heterocycles. The molecule has 0 saturated heterocycles. The number of fused-ring (bicyclic) bond motifs is 1. The van der Waals surface area contributed by atoms with E-state index in [2.05, 4.69) is 27.2 Å². The molecule has 2 heterocycles. The number of hydrogen-bond donors (Lipinski definition) is 0. The van der Waals surface area contributed by atoms with Gasteiger partial charge in [-0.05, 0) is 17.7 Å². The fourth-order valence-electron chi connectivity index (χ4n) is 2.95. The first kappa shape index (κ1) is 16.9. The van der Waals surface area contributed by atoms with Crippen molar-refractivity contribution >= 4 is 16.9 Å². The summed E-state index contributed by atoms with van der Waals surface area (Å²) in [6.07, 6.45) is 5.28. The van der Waals surface area contributed by atoms with Gasteiger partial charge in [0, 0.05) is 25.4 Å². The van der Waals surface area contributed by atoms with Gasteiger partial charge in [0.1, 0.15) is 5.69 Å². The number of rotatable bonds is 5. The molecule has 6 nitrogen and oxygen atoms in total. The summed E-state index contributed by atoms with van der Waals surface area (Å²) < 4.78 is 1.87. The third-order valence-corrected chi connectivity index (χ3v) is 4.31. The fourth-order valence-corrected chi connectivity index (χ4v) is 2.95. The van der Waals surface area contributed by atoms with Crippen molar-refractivity contribution in [2.45, 2.75) is 13.1 Å². The molecular weight excluding hydrogens is 338 g/mol. The molecule has 0 spiro atoms. The van der Waals surface area contributed by atoms with Gasteiger partial charge < -0.3 is 4.90 Å². The smallest absolute Gasteiger partial charge is 0.274 e. The lowest BCUT2D eigenvalue weighted by Gasteiger charge is -2.15. The van der Waals surface area contributed by atoms with Crippen molar-refractivity contribution in [2.24, 2.45) is 0 Å². The zero-order valence-corrected chi connectivity index (χ0v) is 15.0. The summed E-state index contributed by atoms with van der Waals surface area (Å²) in [6, 6.07) is 17.7. The van der Waals surface area contributed by atoms with Crippen LogP contribution in [0.5, 0.6) is 0 Å². The van der Waals surface area contributed by atoms with E-state index in [1.807, 2.05) is 53.3 Å². The molecule has 27 heavy (non-hydrogen) atoms. The zero-order valence-electron chi connectivity index (χ0n) is 15.0. The molecule has 0 bridgehead atoms. The van der Waals surface area contributed by atoms with Crippen LogP contribution in [0, 0.1) is 0 Å². The summed E-state index contributed by atoms with van der Waals surface area (Å²) in [6.45, 7) is 1.16. The van der Waals surface area contributed by atoms with E-state index in [4.69, 9.17) is 0 Å². The van der Waals surface area contributed by atoms with Crippen LogP contribution < -0.4 is 0 Å². The fraction of sp³-hybridized carbons (Fsp3) is 0.143. The van der Waals surface area contributed by atoms with Gasteiger partial charge in [-0.3, -0.25) is 14.5 Å². The highest BCUT2D eigenvalue weighted by Crippen LogP contribution is 2.11. The first-order valence-corrected chi connectivity index (χ1v) is 8.71. The summed E-state index contributed by atoms with van der Waals surface area (Å²) in [5, 5.41) is 4.39. The van der Waals surface area contributed by atoms with Crippen LogP contribution in [0.4, 0.5) is 0 Å². The van der Waals surface area contributed by atoms with Gasteiger partial charge in [-0.1, -0.05) is 42.5 Å². The number of nitrogens with zero attached hydrogens (tertiary/aromatic N) is 5. The first-order valence-electron chi connectivity index (χ1n) is 8.71. The molecule has 6 heteroatoms. The minimum atomic E-state index is -0.163. The molecular formula is C21H19N5O. The highest BCUT2D eigenvalue weighted by atomic mass is 16.2. The second-order valence-electron chi connectivity index (χ2n) is 6.44. The van der Waals surface area contributed by atoms with Crippen molar-refractivity contribution in [1.29, 1.82) is 0 Å². The second kappa shape index (κ2) is 7.37. The maximum atomic E-state index is 12.7. The highest BCUT2D eigenvalue weighted by Gasteiger charge is 2.15. The lowest BCUT2D eigenvalue weighted by atomic mass is 10.2. The number of benzene rings is 2. The average Bonchev–Trinajstić information content (AvgIpc) is 3.14. The molecule has 0 aliphatic rings. The summed E-state index contributed by atoms with van der Waals surface area (Å²) in [5.74, 6) is -0.163. The van der Waals surface area contributed by atoms with E-state index >= 15 is 0 Å². The normalized spacial score (nSPS) is 10.9. The SMILES string of the molecule is CN(Cc1cnn(Cc2ccccc2)c1)C(=O)c1cnc2ccccc2n1. The molecule has 0 aliphatic carbocycles. The molecule has 1 amide bonds. The van der Waals surface area contributed by atoms with E-state index in [9.17, 15) is 4.79 Å². The standard InChI is InChI=1S/C21H19N5O/c1-25(21(27)20-12-22-18-9-5-6-10-19(18)24-20)13-17-11-23-26(15-17)14-16-7-3-2-4-8-16/h2-12,15H,13-14H2,1H3. The van der Waals surface area contributed by atoms with Crippen LogP contribution in [-0.2, 0) is 13.1 Å². The lowest BCUT2D eigenvalue weighted by molar-refractivity contribution is 0.0779. The van der Waals surface area contributed by atoms with Gasteiger partial charge in [0.05, 0.1) is 30.0 Å². The number of aromatic nitrogens is 4. The van der Waals surface area contributed by atoms with Gasteiger partial charge in [0.15, 0.2) is 0 Å². The number of amides is 1. The second-order valence-corrected chi connectivity index (χ2v) is 6.44. The van der Waals surface area contributed by atoms with Crippen LogP contribution in [0.15, 0.2) is 73.2 Å². The molecule has 2 aromatic carbocycles. The molecule has 0 radical (unpaired) electrons. The third kappa shape index (κ3) is 3.84. The highest BCUT2D eigenvalue weighted by molar-refractivity contribution is 5.93. The summed E-state index contributed by atoms with van der Waals surface area (Å²) in [4.78, 5) is 23.1. The number of carbonyl (C=O) groups excluding carboxylic acids is 1.